The van der Waals surface area contributed by atoms with Crippen molar-refractivity contribution in [2.24, 2.45) is 0 Å². The van der Waals surface area contributed by atoms with Crippen molar-refractivity contribution in [1.82, 2.24) is 0 Å². The van der Waals surface area contributed by atoms with Crippen LogP contribution in [0, 0.1) is 0 Å². The van der Waals surface area contributed by atoms with Gasteiger partial charge in [-0.25, -0.2) is 0 Å². The summed E-state index contributed by atoms with van der Waals surface area (Å²) in [4.78, 5) is 25.9. The van der Waals surface area contributed by atoms with Crippen molar-refractivity contribution in [1.29, 1.82) is 0 Å². The van der Waals surface area contributed by atoms with Gasteiger partial charge in [0.15, 0.2) is 12.4 Å². The van der Waals surface area contributed by atoms with Gasteiger partial charge in [-0.05, 0) is 52.7 Å². The summed E-state index contributed by atoms with van der Waals surface area (Å²) in [5.74, 6) is 0.505. The second kappa shape index (κ2) is 7.36. The Hall–Kier alpha value is -1.85. The molecule has 1 amide bonds. The molecule has 0 aliphatic carbocycles. The quantitative estimate of drug-likeness (QED) is 0.685. The van der Waals surface area contributed by atoms with E-state index < -0.39 is 0 Å². The Labute approximate surface area is 153 Å². The Morgan fingerprint density at radius 2 is 2.08 bits per heavy atom. The summed E-state index contributed by atoms with van der Waals surface area (Å²) in [7, 11) is 0. The molecule has 0 radical (unpaired) electrons. The lowest BCUT2D eigenvalue weighted by Gasteiger charge is -2.16. The van der Waals surface area contributed by atoms with E-state index in [-0.39, 0.29) is 18.3 Å². The predicted molar refractivity (Wildman–Crippen MR) is 97.0 cm³/mol. The van der Waals surface area contributed by atoms with Gasteiger partial charge in [0.2, 0.25) is 5.91 Å². The maximum absolute atomic E-state index is 12.4. The zero-order valence-corrected chi connectivity index (χ0v) is 15.1. The summed E-state index contributed by atoms with van der Waals surface area (Å²) in [6.45, 7) is 0.613. The van der Waals surface area contributed by atoms with Gasteiger partial charge in [-0.3, -0.25) is 9.59 Å². The molecule has 2 aromatic rings. The standard InChI is InChI=1S/C18H15BrClNO3/c19-15-10-13(20)6-7-17(15)24-11-16(22)12-3-1-4-14(9-12)21-8-2-5-18(21)23/h1,3-4,6-7,9-10H,2,5,8,11H2. The molecule has 1 heterocycles. The predicted octanol–water partition coefficient (Wildman–Crippen LogP) is 4.49. The highest BCUT2D eigenvalue weighted by atomic mass is 79.9. The first kappa shape index (κ1) is 17.0. The molecule has 0 bridgehead atoms. The Morgan fingerprint density at radius 3 is 2.79 bits per heavy atom. The van der Waals surface area contributed by atoms with Crippen molar-refractivity contribution in [3.63, 3.8) is 0 Å². The molecule has 3 rings (SSSR count). The van der Waals surface area contributed by atoms with Gasteiger partial charge in [0.25, 0.3) is 0 Å². The van der Waals surface area contributed by atoms with Crippen molar-refractivity contribution >= 4 is 44.9 Å². The second-order valence-electron chi connectivity index (χ2n) is 5.49. The minimum Gasteiger partial charge on any atom is -0.484 e. The fourth-order valence-corrected chi connectivity index (χ4v) is 3.38. The van der Waals surface area contributed by atoms with E-state index >= 15 is 0 Å². The third-order valence-corrected chi connectivity index (χ3v) is 4.66. The van der Waals surface area contributed by atoms with E-state index in [1.54, 1.807) is 41.3 Å². The van der Waals surface area contributed by atoms with E-state index in [1.165, 1.54) is 0 Å². The van der Waals surface area contributed by atoms with Gasteiger partial charge in [-0.2, -0.15) is 0 Å². The number of carbonyl (C=O) groups excluding carboxylic acids is 2. The number of carbonyl (C=O) groups is 2. The maximum Gasteiger partial charge on any atom is 0.227 e. The van der Waals surface area contributed by atoms with Crippen LogP contribution in [0.4, 0.5) is 5.69 Å². The van der Waals surface area contributed by atoms with Crippen LogP contribution in [0.15, 0.2) is 46.9 Å². The highest BCUT2D eigenvalue weighted by molar-refractivity contribution is 9.10. The third kappa shape index (κ3) is 3.79. The molecule has 2 aromatic carbocycles. The van der Waals surface area contributed by atoms with Crippen LogP contribution >= 0.6 is 27.5 Å². The third-order valence-electron chi connectivity index (χ3n) is 3.81. The van der Waals surface area contributed by atoms with E-state index in [0.717, 1.165) is 12.1 Å². The van der Waals surface area contributed by atoms with Gasteiger partial charge in [0, 0.05) is 29.2 Å². The van der Waals surface area contributed by atoms with E-state index in [2.05, 4.69) is 15.9 Å². The number of amides is 1. The summed E-state index contributed by atoms with van der Waals surface area (Å²) in [5, 5.41) is 0.587. The average Bonchev–Trinajstić information content (AvgIpc) is 3.00. The minimum atomic E-state index is -0.148. The molecule has 0 N–H and O–H groups in total. The Morgan fingerprint density at radius 1 is 1.25 bits per heavy atom. The second-order valence-corrected chi connectivity index (χ2v) is 6.78. The molecule has 1 saturated heterocycles. The number of ether oxygens (including phenoxy) is 1. The number of rotatable bonds is 5. The lowest BCUT2D eigenvalue weighted by molar-refractivity contribution is -0.117. The lowest BCUT2D eigenvalue weighted by atomic mass is 10.1. The number of Topliss-reactive ketones (excluding diaryl/α,β-unsaturated/α-hetero) is 1. The number of halogens is 2. The molecular weight excluding hydrogens is 394 g/mol. The van der Waals surface area contributed by atoms with Gasteiger partial charge >= 0.3 is 0 Å². The van der Waals surface area contributed by atoms with Crippen LogP contribution in [-0.2, 0) is 4.79 Å². The molecule has 1 aliphatic rings. The first-order valence-corrected chi connectivity index (χ1v) is 8.73. The first-order valence-electron chi connectivity index (χ1n) is 7.56. The Bertz CT molecular complexity index is 794. The summed E-state index contributed by atoms with van der Waals surface area (Å²) in [6.07, 6.45) is 1.41. The van der Waals surface area contributed by atoms with Crippen LogP contribution in [-0.4, -0.2) is 24.8 Å². The fraction of sp³-hybridized carbons (Fsp3) is 0.222. The highest BCUT2D eigenvalue weighted by Crippen LogP contribution is 2.28. The van der Waals surface area contributed by atoms with Gasteiger partial charge in [0.1, 0.15) is 5.75 Å². The van der Waals surface area contributed by atoms with Gasteiger partial charge in [-0.1, -0.05) is 23.7 Å². The van der Waals surface area contributed by atoms with Crippen LogP contribution in [0.1, 0.15) is 23.2 Å². The van der Waals surface area contributed by atoms with Gasteiger partial charge in [0.05, 0.1) is 4.47 Å². The van der Waals surface area contributed by atoms with Crippen LogP contribution in [0.2, 0.25) is 5.02 Å². The molecule has 4 nitrogen and oxygen atoms in total. The van der Waals surface area contributed by atoms with Crippen LogP contribution in [0.5, 0.6) is 5.75 Å². The molecule has 1 fully saturated rings. The first-order chi connectivity index (χ1) is 11.5. The SMILES string of the molecule is O=C(COc1ccc(Cl)cc1Br)c1cccc(N2CCCC2=O)c1. The topological polar surface area (TPSA) is 46.6 Å². The molecule has 0 aromatic heterocycles. The zero-order chi connectivity index (χ0) is 17.1. The summed E-state index contributed by atoms with van der Waals surface area (Å²) < 4.78 is 6.25. The average molecular weight is 409 g/mol. The molecule has 1 aliphatic heterocycles. The summed E-state index contributed by atoms with van der Waals surface area (Å²) in [5.41, 5.74) is 1.29. The van der Waals surface area contributed by atoms with Crippen molar-refractivity contribution in [2.45, 2.75) is 12.8 Å². The van der Waals surface area contributed by atoms with Crippen LogP contribution in [0.25, 0.3) is 0 Å². The van der Waals surface area contributed by atoms with Crippen molar-refractivity contribution in [3.8, 4) is 5.75 Å². The molecule has 6 heteroatoms. The molecule has 0 saturated carbocycles. The number of nitrogens with zero attached hydrogens (tertiary/aromatic N) is 1. The summed E-state index contributed by atoms with van der Waals surface area (Å²) in [6, 6.07) is 12.2. The summed E-state index contributed by atoms with van der Waals surface area (Å²) >= 11 is 9.23. The van der Waals surface area contributed by atoms with Crippen molar-refractivity contribution in [2.75, 3.05) is 18.1 Å². The molecule has 24 heavy (non-hydrogen) atoms. The Kier molecular flexibility index (Phi) is 5.21. The molecule has 0 spiro atoms. The van der Waals surface area contributed by atoms with Crippen LogP contribution in [0.3, 0.4) is 0 Å². The van der Waals surface area contributed by atoms with Gasteiger partial charge in [-0.15, -0.1) is 0 Å². The van der Waals surface area contributed by atoms with Crippen LogP contribution < -0.4 is 9.64 Å². The zero-order valence-electron chi connectivity index (χ0n) is 12.8. The number of hydrogen-bond donors (Lipinski definition) is 0. The number of ketones is 1. The minimum absolute atomic E-state index is 0.0857. The lowest BCUT2D eigenvalue weighted by Crippen LogP contribution is -2.24. The molecular formula is C18H15BrClNO3. The Balaban J connectivity index is 1.70. The normalized spacial score (nSPS) is 14.1. The molecule has 124 valence electrons. The van der Waals surface area contributed by atoms with Crippen molar-refractivity contribution in [3.05, 3.63) is 57.5 Å². The maximum atomic E-state index is 12.4. The number of hydrogen-bond acceptors (Lipinski definition) is 3. The van der Waals surface area contributed by atoms with E-state index in [4.69, 9.17) is 16.3 Å². The van der Waals surface area contributed by atoms with E-state index in [9.17, 15) is 9.59 Å². The number of anilines is 1. The van der Waals surface area contributed by atoms with E-state index in [0.29, 0.717) is 33.8 Å². The molecule has 0 unspecified atom stereocenters. The smallest absolute Gasteiger partial charge is 0.227 e. The monoisotopic (exact) mass is 407 g/mol. The fourth-order valence-electron chi connectivity index (χ4n) is 2.59. The van der Waals surface area contributed by atoms with Gasteiger partial charge < -0.3 is 9.64 Å². The highest BCUT2D eigenvalue weighted by Gasteiger charge is 2.22. The number of benzene rings is 2. The largest absolute Gasteiger partial charge is 0.484 e. The van der Waals surface area contributed by atoms with Crippen molar-refractivity contribution < 1.29 is 14.3 Å². The molecule has 0 atom stereocenters. The van der Waals surface area contributed by atoms with E-state index in [1.807, 2.05) is 6.07 Å².